The van der Waals surface area contributed by atoms with Gasteiger partial charge in [-0.3, -0.25) is 0 Å². The van der Waals surface area contributed by atoms with Gasteiger partial charge in [0.15, 0.2) is 0 Å². The highest BCUT2D eigenvalue weighted by Gasteiger charge is 2.18. The molecule has 0 radical (unpaired) electrons. The maximum absolute atomic E-state index is 2.43. The molecule has 0 amide bonds. The largest absolute Gasteiger partial charge is 0.311 e. The van der Waals surface area contributed by atoms with Gasteiger partial charge in [-0.2, -0.15) is 0 Å². The van der Waals surface area contributed by atoms with E-state index >= 15 is 0 Å². The lowest BCUT2D eigenvalue weighted by atomic mass is 9.99. The minimum atomic E-state index is 1.10. The van der Waals surface area contributed by atoms with E-state index in [4.69, 9.17) is 0 Å². The number of nitrogens with zero attached hydrogens (tertiary/aromatic N) is 2. The van der Waals surface area contributed by atoms with Crippen LogP contribution in [0.15, 0.2) is 218 Å². The zero-order chi connectivity index (χ0) is 35.8. The molecule has 0 aliphatic rings. The highest BCUT2D eigenvalue weighted by Crippen LogP contribution is 2.40. The first-order chi connectivity index (χ1) is 26.8. The van der Waals surface area contributed by atoms with Gasteiger partial charge in [0.2, 0.25) is 0 Å². The quantitative estimate of drug-likeness (QED) is 0.162. The van der Waals surface area contributed by atoms with Crippen LogP contribution in [0.2, 0.25) is 0 Å². The minimum Gasteiger partial charge on any atom is -0.311 e. The van der Waals surface area contributed by atoms with Gasteiger partial charge in [0, 0.05) is 33.4 Å². The van der Waals surface area contributed by atoms with Crippen LogP contribution in [0, 0.1) is 0 Å². The summed E-state index contributed by atoms with van der Waals surface area (Å²) in [5.74, 6) is 0. The Morgan fingerprint density at radius 3 is 1.59 bits per heavy atom. The average molecular weight is 689 g/mol. The Balaban J connectivity index is 1.05. The first-order valence-corrected chi connectivity index (χ1v) is 18.5. The summed E-state index contributed by atoms with van der Waals surface area (Å²) in [6, 6.07) is 78.8. The van der Waals surface area contributed by atoms with Crippen LogP contribution in [-0.4, -0.2) is 4.57 Å². The second-order valence-corrected chi connectivity index (χ2v) is 13.8. The van der Waals surface area contributed by atoms with E-state index in [-0.39, 0.29) is 0 Å². The summed E-state index contributed by atoms with van der Waals surface area (Å²) in [5.41, 5.74) is 14.1. The fraction of sp³-hybridized carbons (Fsp3) is 0. The average Bonchev–Trinajstić information content (AvgIpc) is 3.58. The molecule has 0 aliphatic heterocycles. The van der Waals surface area contributed by atoms with E-state index in [1.54, 1.807) is 0 Å². The molecule has 2 heteroatoms. The van der Waals surface area contributed by atoms with Crippen LogP contribution in [0.4, 0.5) is 17.1 Å². The fourth-order valence-corrected chi connectivity index (χ4v) is 7.94. The summed E-state index contributed by atoms with van der Waals surface area (Å²) in [4.78, 5) is 2.32. The van der Waals surface area contributed by atoms with Crippen LogP contribution < -0.4 is 4.90 Å². The Bertz CT molecular complexity index is 2910. The summed E-state index contributed by atoms with van der Waals surface area (Å²) in [5, 5.41) is 5.01. The Morgan fingerprint density at radius 1 is 0.296 bits per heavy atom. The third-order valence-corrected chi connectivity index (χ3v) is 10.6. The van der Waals surface area contributed by atoms with Crippen LogP contribution in [0.5, 0.6) is 0 Å². The summed E-state index contributed by atoms with van der Waals surface area (Å²) in [6.45, 7) is 0. The van der Waals surface area contributed by atoms with Crippen LogP contribution in [0.25, 0.3) is 71.6 Å². The molecule has 0 bridgehead atoms. The highest BCUT2D eigenvalue weighted by molar-refractivity contribution is 6.11. The number of fused-ring (bicyclic) bond motifs is 4. The zero-order valence-electron chi connectivity index (χ0n) is 29.7. The maximum atomic E-state index is 2.43. The normalized spacial score (nSPS) is 11.3. The topological polar surface area (TPSA) is 8.17 Å². The molecular weight excluding hydrogens is 653 g/mol. The third kappa shape index (κ3) is 5.62. The number of anilines is 3. The fourth-order valence-electron chi connectivity index (χ4n) is 7.94. The Labute approximate surface area is 315 Å². The molecule has 9 aromatic carbocycles. The van der Waals surface area contributed by atoms with Gasteiger partial charge in [0.05, 0.1) is 16.7 Å². The number of rotatable bonds is 7. The predicted octanol–water partition coefficient (Wildman–Crippen LogP) is 14.4. The molecule has 0 aliphatic carbocycles. The summed E-state index contributed by atoms with van der Waals surface area (Å²) in [6.07, 6.45) is 0. The summed E-state index contributed by atoms with van der Waals surface area (Å²) in [7, 11) is 0. The molecule has 1 heterocycles. The van der Waals surface area contributed by atoms with E-state index in [0.29, 0.717) is 0 Å². The second-order valence-electron chi connectivity index (χ2n) is 13.8. The zero-order valence-corrected chi connectivity index (χ0v) is 29.7. The maximum Gasteiger partial charge on any atom is 0.0541 e. The molecule has 0 N–H and O–H groups in total. The van der Waals surface area contributed by atoms with Crippen molar-refractivity contribution in [2.75, 3.05) is 4.90 Å². The van der Waals surface area contributed by atoms with Crippen molar-refractivity contribution in [3.63, 3.8) is 0 Å². The van der Waals surface area contributed by atoms with Gasteiger partial charge in [0.25, 0.3) is 0 Å². The van der Waals surface area contributed by atoms with Crippen molar-refractivity contribution in [3.8, 4) is 39.1 Å². The van der Waals surface area contributed by atoms with Crippen LogP contribution >= 0.6 is 0 Å². The molecule has 54 heavy (non-hydrogen) atoms. The SMILES string of the molecule is c1ccc(-c2ccc(N(c3ccccc3)c3ccc(-c4ccccc4-n4c5ccccc5c5cc(-c6ccc7ccccc7c6)ccc54)cc3)cc2)cc1. The number of benzene rings is 9. The molecular formula is C52H36N2. The molecule has 1 aromatic heterocycles. The molecule has 10 rings (SSSR count). The van der Waals surface area contributed by atoms with Crippen molar-refractivity contribution in [1.29, 1.82) is 0 Å². The van der Waals surface area contributed by atoms with Gasteiger partial charge in [-0.1, -0.05) is 152 Å². The van der Waals surface area contributed by atoms with Gasteiger partial charge in [0.1, 0.15) is 0 Å². The van der Waals surface area contributed by atoms with E-state index in [1.165, 1.54) is 66.0 Å². The molecule has 0 saturated heterocycles. The number of hydrogen-bond acceptors (Lipinski definition) is 1. The number of hydrogen-bond donors (Lipinski definition) is 0. The monoisotopic (exact) mass is 688 g/mol. The molecule has 0 fully saturated rings. The molecule has 0 saturated carbocycles. The lowest BCUT2D eigenvalue weighted by Gasteiger charge is -2.26. The van der Waals surface area contributed by atoms with Crippen molar-refractivity contribution < 1.29 is 0 Å². The van der Waals surface area contributed by atoms with E-state index in [0.717, 1.165) is 22.7 Å². The van der Waals surface area contributed by atoms with Crippen LogP contribution in [0.3, 0.4) is 0 Å². The first kappa shape index (κ1) is 31.6. The van der Waals surface area contributed by atoms with E-state index in [2.05, 4.69) is 228 Å². The molecule has 0 spiro atoms. The van der Waals surface area contributed by atoms with Crippen LogP contribution in [-0.2, 0) is 0 Å². The van der Waals surface area contributed by atoms with Crippen molar-refractivity contribution >= 4 is 49.6 Å². The lowest BCUT2D eigenvalue weighted by molar-refractivity contribution is 1.18. The van der Waals surface area contributed by atoms with Gasteiger partial charge < -0.3 is 9.47 Å². The van der Waals surface area contributed by atoms with E-state index in [9.17, 15) is 0 Å². The first-order valence-electron chi connectivity index (χ1n) is 18.5. The van der Waals surface area contributed by atoms with Crippen LogP contribution in [0.1, 0.15) is 0 Å². The number of aromatic nitrogens is 1. The smallest absolute Gasteiger partial charge is 0.0541 e. The third-order valence-electron chi connectivity index (χ3n) is 10.6. The molecule has 0 atom stereocenters. The Kier molecular flexibility index (Phi) is 7.85. The molecule has 10 aromatic rings. The summed E-state index contributed by atoms with van der Waals surface area (Å²) < 4.78 is 2.43. The highest BCUT2D eigenvalue weighted by atomic mass is 15.1. The molecule has 254 valence electrons. The summed E-state index contributed by atoms with van der Waals surface area (Å²) >= 11 is 0. The van der Waals surface area contributed by atoms with Gasteiger partial charge in [-0.05, 0) is 105 Å². The van der Waals surface area contributed by atoms with Crippen molar-refractivity contribution in [1.82, 2.24) is 4.57 Å². The van der Waals surface area contributed by atoms with Crippen molar-refractivity contribution in [2.45, 2.75) is 0 Å². The van der Waals surface area contributed by atoms with Gasteiger partial charge >= 0.3 is 0 Å². The molecule has 2 nitrogen and oxygen atoms in total. The lowest BCUT2D eigenvalue weighted by Crippen LogP contribution is -2.09. The van der Waals surface area contributed by atoms with Crippen molar-refractivity contribution in [2.24, 2.45) is 0 Å². The molecule has 0 unspecified atom stereocenters. The number of para-hydroxylation sites is 3. The Hall–Kier alpha value is -7.16. The Morgan fingerprint density at radius 2 is 0.815 bits per heavy atom. The van der Waals surface area contributed by atoms with Crippen molar-refractivity contribution in [3.05, 3.63) is 218 Å². The standard InChI is InChI=1S/C52H36N2/c1-3-13-37(14-4-1)39-25-30-45(31-26-39)53(44-17-5-2-6-18-44)46-32-27-40(28-33-46)47-19-9-11-21-50(47)54-51-22-12-10-20-48(51)49-36-43(29-34-52(49)54)42-24-23-38-15-7-8-16-41(38)35-42/h1-36H. The second kappa shape index (κ2) is 13.4. The van der Waals surface area contributed by atoms with Gasteiger partial charge in [-0.25, -0.2) is 0 Å². The van der Waals surface area contributed by atoms with E-state index in [1.807, 2.05) is 0 Å². The van der Waals surface area contributed by atoms with Gasteiger partial charge in [-0.15, -0.1) is 0 Å². The van der Waals surface area contributed by atoms with E-state index < -0.39 is 0 Å². The predicted molar refractivity (Wildman–Crippen MR) is 229 cm³/mol. The minimum absolute atomic E-state index is 1.10.